The van der Waals surface area contributed by atoms with Crippen LogP contribution >= 0.6 is 27.5 Å². The van der Waals surface area contributed by atoms with Crippen molar-refractivity contribution >= 4 is 39.3 Å². The van der Waals surface area contributed by atoms with Gasteiger partial charge in [-0.2, -0.15) is 0 Å². The van der Waals surface area contributed by atoms with Crippen molar-refractivity contribution in [3.8, 4) is 0 Å². The second-order valence-corrected chi connectivity index (χ2v) is 7.25. The van der Waals surface area contributed by atoms with E-state index in [0.29, 0.717) is 17.4 Å². The molecule has 3 nitrogen and oxygen atoms in total. The predicted molar refractivity (Wildman–Crippen MR) is 85.1 cm³/mol. The number of piperidine rings is 1. The van der Waals surface area contributed by atoms with Crippen molar-refractivity contribution in [3.63, 3.8) is 0 Å². The summed E-state index contributed by atoms with van der Waals surface area (Å²) in [5.41, 5.74) is 1.01. The summed E-state index contributed by atoms with van der Waals surface area (Å²) in [6.45, 7) is 0. The summed E-state index contributed by atoms with van der Waals surface area (Å²) in [5.74, 6) is -0.0690. The van der Waals surface area contributed by atoms with Gasteiger partial charge in [-0.05, 0) is 36.5 Å². The molecule has 0 aromatic heterocycles. The number of nitrogens with one attached hydrogen (secondary N) is 1. The second-order valence-electron chi connectivity index (χ2n) is 5.96. The van der Waals surface area contributed by atoms with Crippen LogP contribution in [0, 0.1) is 11.8 Å². The SMILES string of the molecule is O=C1CC(c2ccc(Cl)cc2Br)C(C2CCCC2)C(=O)N1. The van der Waals surface area contributed by atoms with E-state index in [-0.39, 0.29) is 23.7 Å². The molecule has 2 amide bonds. The van der Waals surface area contributed by atoms with Gasteiger partial charge < -0.3 is 0 Å². The number of benzene rings is 1. The van der Waals surface area contributed by atoms with E-state index in [0.717, 1.165) is 22.9 Å². The van der Waals surface area contributed by atoms with Gasteiger partial charge in [-0.15, -0.1) is 0 Å². The van der Waals surface area contributed by atoms with Crippen molar-refractivity contribution < 1.29 is 9.59 Å². The van der Waals surface area contributed by atoms with E-state index >= 15 is 0 Å². The largest absolute Gasteiger partial charge is 0.296 e. The van der Waals surface area contributed by atoms with Gasteiger partial charge in [0.05, 0.1) is 0 Å². The standard InChI is InChI=1S/C16H17BrClNO2/c17-13-7-10(18)5-6-11(13)12-8-14(20)19-16(21)15(12)9-3-1-2-4-9/h5-7,9,12,15H,1-4,8H2,(H,19,20,21). The lowest BCUT2D eigenvalue weighted by molar-refractivity contribution is -0.138. The number of imide groups is 1. The summed E-state index contributed by atoms with van der Waals surface area (Å²) in [4.78, 5) is 24.2. The van der Waals surface area contributed by atoms with Gasteiger partial charge in [-0.1, -0.05) is 46.4 Å². The highest BCUT2D eigenvalue weighted by molar-refractivity contribution is 9.10. The molecule has 5 heteroatoms. The van der Waals surface area contributed by atoms with Crippen LogP contribution in [0.25, 0.3) is 0 Å². The van der Waals surface area contributed by atoms with Crippen LogP contribution in [0.4, 0.5) is 0 Å². The van der Waals surface area contributed by atoms with Crippen LogP contribution in [-0.2, 0) is 9.59 Å². The average Bonchev–Trinajstić information content (AvgIpc) is 2.91. The minimum Gasteiger partial charge on any atom is -0.296 e. The number of halogens is 2. The van der Waals surface area contributed by atoms with Crippen molar-refractivity contribution in [2.24, 2.45) is 11.8 Å². The Hall–Kier alpha value is -0.870. The molecule has 3 rings (SSSR count). The maximum absolute atomic E-state index is 12.4. The fraction of sp³-hybridized carbons (Fsp3) is 0.500. The maximum atomic E-state index is 12.4. The second kappa shape index (κ2) is 6.09. The topological polar surface area (TPSA) is 46.2 Å². The van der Waals surface area contributed by atoms with Gasteiger partial charge in [0.25, 0.3) is 0 Å². The minimum atomic E-state index is -0.180. The minimum absolute atomic E-state index is 0.0546. The summed E-state index contributed by atoms with van der Waals surface area (Å²) < 4.78 is 0.880. The summed E-state index contributed by atoms with van der Waals surface area (Å²) >= 11 is 9.53. The molecule has 1 saturated heterocycles. The quantitative estimate of drug-likeness (QED) is 0.799. The molecular formula is C16H17BrClNO2. The van der Waals surface area contributed by atoms with Crippen LogP contribution in [-0.4, -0.2) is 11.8 Å². The molecule has 1 aromatic rings. The molecular weight excluding hydrogens is 354 g/mol. The number of rotatable bonds is 2. The highest BCUT2D eigenvalue weighted by Gasteiger charge is 2.42. The zero-order valence-electron chi connectivity index (χ0n) is 11.6. The lowest BCUT2D eigenvalue weighted by Gasteiger charge is -2.34. The molecule has 21 heavy (non-hydrogen) atoms. The van der Waals surface area contributed by atoms with E-state index in [9.17, 15) is 9.59 Å². The normalized spacial score (nSPS) is 27.0. The number of hydrogen-bond acceptors (Lipinski definition) is 2. The number of amides is 2. The Labute approximate surface area is 137 Å². The van der Waals surface area contributed by atoms with E-state index in [1.165, 1.54) is 12.8 Å². The molecule has 1 saturated carbocycles. The van der Waals surface area contributed by atoms with Crippen LogP contribution < -0.4 is 5.32 Å². The van der Waals surface area contributed by atoms with Crippen molar-refractivity contribution in [3.05, 3.63) is 33.3 Å². The van der Waals surface area contributed by atoms with Gasteiger partial charge in [0, 0.05) is 27.8 Å². The van der Waals surface area contributed by atoms with Gasteiger partial charge in [-0.25, -0.2) is 0 Å². The first-order valence-corrected chi connectivity index (χ1v) is 8.52. The summed E-state index contributed by atoms with van der Waals surface area (Å²) in [7, 11) is 0. The lowest BCUT2D eigenvalue weighted by Crippen LogP contribution is -2.47. The molecule has 1 aromatic carbocycles. The van der Waals surface area contributed by atoms with Gasteiger partial charge in [0.1, 0.15) is 0 Å². The highest BCUT2D eigenvalue weighted by Crippen LogP contribution is 2.44. The van der Waals surface area contributed by atoms with Crippen molar-refractivity contribution in [1.29, 1.82) is 0 Å². The van der Waals surface area contributed by atoms with Crippen molar-refractivity contribution in [2.45, 2.75) is 38.0 Å². The van der Waals surface area contributed by atoms with E-state index in [1.54, 1.807) is 0 Å². The Morgan fingerprint density at radius 2 is 1.90 bits per heavy atom. The summed E-state index contributed by atoms with van der Waals surface area (Å²) in [5, 5.41) is 3.17. The first-order valence-electron chi connectivity index (χ1n) is 7.35. The van der Waals surface area contributed by atoms with Crippen molar-refractivity contribution in [1.82, 2.24) is 5.32 Å². The molecule has 0 bridgehead atoms. The number of carbonyl (C=O) groups excluding carboxylic acids is 2. The molecule has 112 valence electrons. The molecule has 0 radical (unpaired) electrons. The lowest BCUT2D eigenvalue weighted by atomic mass is 9.73. The van der Waals surface area contributed by atoms with Crippen molar-refractivity contribution in [2.75, 3.05) is 0 Å². The van der Waals surface area contributed by atoms with E-state index in [2.05, 4.69) is 21.2 Å². The van der Waals surface area contributed by atoms with Gasteiger partial charge in [0.15, 0.2) is 0 Å². The van der Waals surface area contributed by atoms with Crippen LogP contribution in [0.2, 0.25) is 5.02 Å². The maximum Gasteiger partial charge on any atom is 0.230 e. The van der Waals surface area contributed by atoms with Crippen LogP contribution in [0.15, 0.2) is 22.7 Å². The fourth-order valence-corrected chi connectivity index (χ4v) is 4.72. The first kappa shape index (κ1) is 15.0. The average molecular weight is 371 g/mol. The molecule has 1 aliphatic carbocycles. The Morgan fingerprint density at radius 3 is 2.57 bits per heavy atom. The van der Waals surface area contributed by atoms with Crippen LogP contribution in [0.5, 0.6) is 0 Å². The van der Waals surface area contributed by atoms with E-state index in [1.807, 2.05) is 18.2 Å². The van der Waals surface area contributed by atoms with Gasteiger partial charge in [-0.3, -0.25) is 14.9 Å². The van der Waals surface area contributed by atoms with E-state index < -0.39 is 0 Å². The third-order valence-electron chi connectivity index (χ3n) is 4.67. The molecule has 1 heterocycles. The molecule has 1 aliphatic heterocycles. The molecule has 0 spiro atoms. The third kappa shape index (κ3) is 3.02. The predicted octanol–water partition coefficient (Wildman–Crippen LogP) is 4.04. The monoisotopic (exact) mass is 369 g/mol. The molecule has 2 fully saturated rings. The summed E-state index contributed by atoms with van der Waals surface area (Å²) in [6, 6.07) is 5.59. The molecule has 1 N–H and O–H groups in total. The summed E-state index contributed by atoms with van der Waals surface area (Å²) in [6.07, 6.45) is 4.88. The number of hydrogen-bond donors (Lipinski definition) is 1. The molecule has 2 atom stereocenters. The Kier molecular flexibility index (Phi) is 4.36. The van der Waals surface area contributed by atoms with Crippen LogP contribution in [0.3, 0.4) is 0 Å². The van der Waals surface area contributed by atoms with Gasteiger partial charge in [0.2, 0.25) is 11.8 Å². The van der Waals surface area contributed by atoms with Gasteiger partial charge >= 0.3 is 0 Å². The zero-order chi connectivity index (χ0) is 15.0. The van der Waals surface area contributed by atoms with E-state index in [4.69, 9.17) is 11.6 Å². The molecule has 2 unspecified atom stereocenters. The Bertz CT molecular complexity index is 584. The number of carbonyl (C=O) groups is 2. The Morgan fingerprint density at radius 1 is 1.19 bits per heavy atom. The zero-order valence-corrected chi connectivity index (χ0v) is 13.9. The first-order chi connectivity index (χ1) is 10.1. The highest BCUT2D eigenvalue weighted by atomic mass is 79.9. The molecule has 2 aliphatic rings. The van der Waals surface area contributed by atoms with Crippen LogP contribution in [0.1, 0.15) is 43.6 Å². The smallest absolute Gasteiger partial charge is 0.230 e. The third-order valence-corrected chi connectivity index (χ3v) is 5.60. The fourth-order valence-electron chi connectivity index (χ4n) is 3.75. The Balaban J connectivity index is 1.98.